The van der Waals surface area contributed by atoms with E-state index in [4.69, 9.17) is 11.6 Å². The van der Waals surface area contributed by atoms with Crippen molar-refractivity contribution in [1.82, 2.24) is 10.2 Å². The van der Waals surface area contributed by atoms with E-state index >= 15 is 0 Å². The zero-order valence-corrected chi connectivity index (χ0v) is 14.0. The standard InChI is InChI=1S/C19H19ClN2O2/c20-16-10-5-4-9-15(16)19(24)21-17(14-7-2-1-3-8-14)13-18(23)22-11-6-12-22/h1-5,7-10,17H,6,11-13H2,(H,21,24). The fourth-order valence-electron chi connectivity index (χ4n) is 2.69. The summed E-state index contributed by atoms with van der Waals surface area (Å²) < 4.78 is 0. The zero-order valence-electron chi connectivity index (χ0n) is 13.2. The number of rotatable bonds is 5. The van der Waals surface area contributed by atoms with Crippen molar-refractivity contribution >= 4 is 23.4 Å². The van der Waals surface area contributed by atoms with E-state index in [0.717, 1.165) is 25.1 Å². The minimum atomic E-state index is -0.372. The molecule has 5 heteroatoms. The van der Waals surface area contributed by atoms with Gasteiger partial charge in [0.1, 0.15) is 0 Å². The lowest BCUT2D eigenvalue weighted by molar-refractivity contribution is -0.135. The van der Waals surface area contributed by atoms with Crippen molar-refractivity contribution in [1.29, 1.82) is 0 Å². The highest BCUT2D eigenvalue weighted by atomic mass is 35.5. The molecule has 0 saturated carbocycles. The Morgan fingerprint density at radius 1 is 1.04 bits per heavy atom. The quantitative estimate of drug-likeness (QED) is 0.905. The van der Waals surface area contributed by atoms with E-state index in [1.165, 1.54) is 0 Å². The molecule has 1 fully saturated rings. The molecule has 1 aliphatic heterocycles. The number of carbonyl (C=O) groups is 2. The summed E-state index contributed by atoms with van der Waals surface area (Å²) in [5, 5.41) is 3.35. The topological polar surface area (TPSA) is 49.4 Å². The van der Waals surface area contributed by atoms with Crippen LogP contribution >= 0.6 is 11.6 Å². The summed E-state index contributed by atoms with van der Waals surface area (Å²) in [5.74, 6) is -0.208. The van der Waals surface area contributed by atoms with Gasteiger partial charge in [-0.25, -0.2) is 0 Å². The van der Waals surface area contributed by atoms with E-state index < -0.39 is 0 Å². The molecule has 2 aromatic rings. The van der Waals surface area contributed by atoms with Gasteiger partial charge in [-0.2, -0.15) is 0 Å². The average molecular weight is 343 g/mol. The van der Waals surface area contributed by atoms with Crippen LogP contribution in [0.3, 0.4) is 0 Å². The van der Waals surface area contributed by atoms with Crippen LogP contribution in [0.4, 0.5) is 0 Å². The van der Waals surface area contributed by atoms with E-state index in [2.05, 4.69) is 5.32 Å². The largest absolute Gasteiger partial charge is 0.345 e. The number of halogens is 1. The molecule has 24 heavy (non-hydrogen) atoms. The van der Waals surface area contributed by atoms with Crippen LogP contribution in [0.1, 0.15) is 34.8 Å². The first-order chi connectivity index (χ1) is 11.6. The van der Waals surface area contributed by atoms with Gasteiger partial charge in [0.25, 0.3) is 5.91 Å². The van der Waals surface area contributed by atoms with Gasteiger partial charge in [-0.1, -0.05) is 54.1 Å². The number of nitrogens with one attached hydrogen (secondary N) is 1. The molecule has 0 aromatic heterocycles. The predicted molar refractivity (Wildman–Crippen MR) is 93.9 cm³/mol. The monoisotopic (exact) mass is 342 g/mol. The van der Waals surface area contributed by atoms with E-state index in [-0.39, 0.29) is 24.3 Å². The van der Waals surface area contributed by atoms with Crippen molar-refractivity contribution in [3.8, 4) is 0 Å². The van der Waals surface area contributed by atoms with Gasteiger partial charge >= 0.3 is 0 Å². The fourth-order valence-corrected chi connectivity index (χ4v) is 2.91. The Kier molecular flexibility index (Phi) is 5.16. The van der Waals surface area contributed by atoms with Crippen LogP contribution in [0.25, 0.3) is 0 Å². The van der Waals surface area contributed by atoms with Crippen molar-refractivity contribution in [3.63, 3.8) is 0 Å². The van der Waals surface area contributed by atoms with Crippen molar-refractivity contribution in [2.75, 3.05) is 13.1 Å². The van der Waals surface area contributed by atoms with Gasteiger partial charge in [0.05, 0.1) is 23.0 Å². The van der Waals surface area contributed by atoms with Gasteiger partial charge in [-0.05, 0) is 24.1 Å². The van der Waals surface area contributed by atoms with E-state index in [1.807, 2.05) is 35.2 Å². The Hall–Kier alpha value is -2.33. The molecule has 1 N–H and O–H groups in total. The molecule has 1 atom stereocenters. The fraction of sp³-hybridized carbons (Fsp3) is 0.263. The molecular formula is C19H19ClN2O2. The van der Waals surface area contributed by atoms with Gasteiger partial charge < -0.3 is 10.2 Å². The van der Waals surface area contributed by atoms with Gasteiger partial charge in [0, 0.05) is 13.1 Å². The summed E-state index contributed by atoms with van der Waals surface area (Å²) >= 11 is 6.10. The number of amides is 2. The molecule has 2 aromatic carbocycles. The van der Waals surface area contributed by atoms with Crippen LogP contribution in [-0.2, 0) is 4.79 Å². The third-order valence-electron chi connectivity index (χ3n) is 4.21. The summed E-state index contributed by atoms with van der Waals surface area (Å²) in [6, 6.07) is 16.1. The predicted octanol–water partition coefficient (Wildman–Crippen LogP) is 3.43. The molecule has 0 spiro atoms. The van der Waals surface area contributed by atoms with Gasteiger partial charge in [-0.3, -0.25) is 9.59 Å². The summed E-state index contributed by atoms with van der Waals surface area (Å²) in [6.45, 7) is 1.61. The number of hydrogen-bond acceptors (Lipinski definition) is 2. The summed E-state index contributed by atoms with van der Waals surface area (Å²) in [7, 11) is 0. The Balaban J connectivity index is 1.78. The normalized spacial score (nSPS) is 14.6. The molecule has 1 unspecified atom stereocenters. The summed E-state index contributed by atoms with van der Waals surface area (Å²) in [5.41, 5.74) is 1.32. The number of nitrogens with zero attached hydrogens (tertiary/aromatic N) is 1. The Bertz CT molecular complexity index is 729. The first-order valence-corrected chi connectivity index (χ1v) is 8.41. The highest BCUT2D eigenvalue weighted by Crippen LogP contribution is 2.22. The minimum Gasteiger partial charge on any atom is -0.345 e. The highest BCUT2D eigenvalue weighted by molar-refractivity contribution is 6.33. The zero-order chi connectivity index (χ0) is 16.9. The van der Waals surface area contributed by atoms with E-state index in [1.54, 1.807) is 24.3 Å². The van der Waals surface area contributed by atoms with Crippen molar-refractivity contribution < 1.29 is 9.59 Å². The molecule has 0 radical (unpaired) electrons. The molecule has 124 valence electrons. The average Bonchev–Trinajstić information content (AvgIpc) is 2.53. The Morgan fingerprint density at radius 2 is 1.71 bits per heavy atom. The summed E-state index contributed by atoms with van der Waals surface area (Å²) in [4.78, 5) is 26.7. The lowest BCUT2D eigenvalue weighted by atomic mass is 10.0. The van der Waals surface area contributed by atoms with Crippen molar-refractivity contribution in [3.05, 3.63) is 70.7 Å². The van der Waals surface area contributed by atoms with E-state index in [9.17, 15) is 9.59 Å². The summed E-state index contributed by atoms with van der Waals surface area (Å²) in [6.07, 6.45) is 1.30. The molecule has 2 amide bonds. The first-order valence-electron chi connectivity index (χ1n) is 8.03. The third kappa shape index (κ3) is 3.77. The van der Waals surface area contributed by atoms with Crippen LogP contribution in [0.5, 0.6) is 0 Å². The van der Waals surface area contributed by atoms with E-state index in [0.29, 0.717) is 10.6 Å². The minimum absolute atomic E-state index is 0.0644. The van der Waals surface area contributed by atoms with Crippen LogP contribution in [0.15, 0.2) is 54.6 Å². The molecule has 4 nitrogen and oxygen atoms in total. The first kappa shape index (κ1) is 16.5. The molecular weight excluding hydrogens is 324 g/mol. The second-order valence-electron chi connectivity index (χ2n) is 5.86. The maximum atomic E-state index is 12.6. The van der Waals surface area contributed by atoms with Crippen LogP contribution in [0, 0.1) is 0 Å². The molecule has 1 aliphatic rings. The number of likely N-dealkylation sites (tertiary alicyclic amines) is 1. The van der Waals surface area contributed by atoms with Crippen LogP contribution in [-0.4, -0.2) is 29.8 Å². The second-order valence-corrected chi connectivity index (χ2v) is 6.26. The SMILES string of the molecule is O=C(NC(CC(=O)N1CCC1)c1ccccc1)c1ccccc1Cl. The number of hydrogen-bond donors (Lipinski definition) is 1. The van der Waals surface area contributed by atoms with Gasteiger partial charge in [0.2, 0.25) is 5.91 Å². The van der Waals surface area contributed by atoms with Gasteiger partial charge in [0.15, 0.2) is 0 Å². The molecule has 0 bridgehead atoms. The van der Waals surface area contributed by atoms with Crippen LogP contribution < -0.4 is 5.32 Å². The lowest BCUT2D eigenvalue weighted by Crippen LogP contribution is -2.44. The maximum Gasteiger partial charge on any atom is 0.253 e. The highest BCUT2D eigenvalue weighted by Gasteiger charge is 2.25. The smallest absolute Gasteiger partial charge is 0.253 e. The molecule has 1 saturated heterocycles. The molecule has 1 heterocycles. The Morgan fingerprint density at radius 3 is 2.33 bits per heavy atom. The molecule has 3 rings (SSSR count). The third-order valence-corrected chi connectivity index (χ3v) is 4.54. The maximum absolute atomic E-state index is 12.6. The lowest BCUT2D eigenvalue weighted by Gasteiger charge is -2.32. The van der Waals surface area contributed by atoms with Gasteiger partial charge in [-0.15, -0.1) is 0 Å². The van der Waals surface area contributed by atoms with Crippen molar-refractivity contribution in [2.45, 2.75) is 18.9 Å². The van der Waals surface area contributed by atoms with Crippen LogP contribution in [0.2, 0.25) is 5.02 Å². The van der Waals surface area contributed by atoms with Crippen molar-refractivity contribution in [2.24, 2.45) is 0 Å². The number of benzene rings is 2. The second kappa shape index (κ2) is 7.49. The Labute approximate surface area is 146 Å². The molecule has 0 aliphatic carbocycles. The number of carbonyl (C=O) groups excluding carboxylic acids is 2.